The van der Waals surface area contributed by atoms with Gasteiger partial charge in [-0.05, 0) is 20.8 Å². The maximum atomic E-state index is 5.39. The number of rotatable bonds is 6. The van der Waals surface area contributed by atoms with Gasteiger partial charge >= 0.3 is 0 Å². The summed E-state index contributed by atoms with van der Waals surface area (Å²) in [5.74, 6) is 7.45. The van der Waals surface area contributed by atoms with Crippen molar-refractivity contribution in [2.45, 2.75) is 33.4 Å². The van der Waals surface area contributed by atoms with E-state index >= 15 is 0 Å². The molecule has 0 spiro atoms. The highest BCUT2D eigenvalue weighted by atomic mass is 16.5. The third kappa shape index (κ3) is 3.83. The molecule has 0 amide bonds. The molecule has 0 aliphatic carbocycles. The molecule has 0 bridgehead atoms. The van der Waals surface area contributed by atoms with E-state index in [1.165, 1.54) is 0 Å². The van der Waals surface area contributed by atoms with Crippen molar-refractivity contribution in [3.63, 3.8) is 0 Å². The highest BCUT2D eigenvalue weighted by molar-refractivity contribution is 5.48. The minimum absolute atomic E-state index is 0.357. The van der Waals surface area contributed by atoms with E-state index in [0.717, 1.165) is 5.82 Å². The van der Waals surface area contributed by atoms with Crippen LogP contribution in [0, 0.1) is 0 Å². The van der Waals surface area contributed by atoms with Crippen molar-refractivity contribution in [1.29, 1.82) is 0 Å². The smallest absolute Gasteiger partial charge is 0.158 e. The molecule has 0 radical (unpaired) electrons. The molecule has 0 fully saturated rings. The number of hydrogen-bond acceptors (Lipinski definition) is 6. The zero-order valence-electron chi connectivity index (χ0n) is 10.9. The third-order valence-electron chi connectivity index (χ3n) is 2.48. The fraction of sp³-hybridized carbons (Fsp3) is 0.636. The van der Waals surface area contributed by atoms with Crippen LogP contribution in [0.25, 0.3) is 0 Å². The number of aromatic nitrogens is 2. The van der Waals surface area contributed by atoms with Crippen LogP contribution in [0.4, 0.5) is 11.6 Å². The third-order valence-corrected chi connectivity index (χ3v) is 2.48. The number of nitrogens with one attached hydrogen (secondary N) is 1. The van der Waals surface area contributed by atoms with E-state index in [1.54, 1.807) is 0 Å². The minimum atomic E-state index is 0.357. The number of ether oxygens (including phenoxy) is 1. The van der Waals surface area contributed by atoms with Crippen molar-refractivity contribution in [2.75, 3.05) is 24.0 Å². The lowest BCUT2D eigenvalue weighted by atomic mass is 10.3. The van der Waals surface area contributed by atoms with Gasteiger partial charge in [0.05, 0.1) is 0 Å². The van der Waals surface area contributed by atoms with Gasteiger partial charge in [-0.3, -0.25) is 0 Å². The fourth-order valence-electron chi connectivity index (χ4n) is 1.26. The van der Waals surface area contributed by atoms with E-state index in [2.05, 4.69) is 34.1 Å². The van der Waals surface area contributed by atoms with Crippen LogP contribution in [0.2, 0.25) is 0 Å². The molecule has 6 nitrogen and oxygen atoms in total. The molecule has 6 heteroatoms. The maximum absolute atomic E-state index is 5.39. The molecule has 0 unspecified atom stereocenters. The van der Waals surface area contributed by atoms with Crippen molar-refractivity contribution in [2.24, 2.45) is 5.84 Å². The van der Waals surface area contributed by atoms with Gasteiger partial charge < -0.3 is 15.1 Å². The van der Waals surface area contributed by atoms with E-state index in [1.807, 2.05) is 20.0 Å². The van der Waals surface area contributed by atoms with Crippen LogP contribution in [0.5, 0.6) is 0 Å². The maximum Gasteiger partial charge on any atom is 0.158 e. The molecule has 17 heavy (non-hydrogen) atoms. The summed E-state index contributed by atoms with van der Waals surface area (Å²) in [6, 6.07) is 2.17. The Morgan fingerprint density at radius 1 is 1.47 bits per heavy atom. The molecule has 1 aromatic rings. The molecule has 96 valence electrons. The Hall–Kier alpha value is -1.40. The monoisotopic (exact) mass is 239 g/mol. The van der Waals surface area contributed by atoms with E-state index in [9.17, 15) is 0 Å². The molecule has 1 heterocycles. The molecule has 3 N–H and O–H groups in total. The SMILES string of the molecule is CCOCc1nc(NN)cc(N(C)C(C)C)n1. The highest BCUT2D eigenvalue weighted by Gasteiger charge is 2.10. The number of nitrogen functional groups attached to an aromatic ring is 1. The Balaban J connectivity index is 2.96. The molecule has 0 saturated heterocycles. The van der Waals surface area contributed by atoms with Crippen molar-refractivity contribution >= 4 is 11.6 Å². The largest absolute Gasteiger partial charge is 0.374 e. The van der Waals surface area contributed by atoms with Gasteiger partial charge in [0, 0.05) is 25.8 Å². The van der Waals surface area contributed by atoms with E-state index < -0.39 is 0 Å². The standard InChI is InChI=1S/C11H21N5O/c1-5-17-7-10-13-9(15-12)6-11(14-10)16(4)8(2)3/h6,8H,5,7,12H2,1-4H3,(H,13,14,15). The van der Waals surface area contributed by atoms with Gasteiger partial charge in [-0.1, -0.05) is 0 Å². The predicted octanol–water partition coefficient (Wildman–Crippen LogP) is 1.14. The Morgan fingerprint density at radius 3 is 2.71 bits per heavy atom. The summed E-state index contributed by atoms with van der Waals surface area (Å²) in [7, 11) is 1.98. The van der Waals surface area contributed by atoms with Gasteiger partial charge in [0.15, 0.2) is 5.82 Å². The summed E-state index contributed by atoms with van der Waals surface area (Å²) in [6.45, 7) is 7.16. The first kappa shape index (κ1) is 13.7. The normalized spacial score (nSPS) is 10.7. The van der Waals surface area contributed by atoms with Gasteiger partial charge in [-0.15, -0.1) is 0 Å². The zero-order chi connectivity index (χ0) is 12.8. The van der Waals surface area contributed by atoms with Crippen LogP contribution in [0.3, 0.4) is 0 Å². The number of hydrogen-bond donors (Lipinski definition) is 2. The van der Waals surface area contributed by atoms with Crippen LogP contribution in [-0.4, -0.2) is 29.7 Å². The Morgan fingerprint density at radius 2 is 2.18 bits per heavy atom. The van der Waals surface area contributed by atoms with Crippen molar-refractivity contribution in [3.05, 3.63) is 11.9 Å². The van der Waals surface area contributed by atoms with Crippen molar-refractivity contribution < 1.29 is 4.74 Å². The lowest BCUT2D eigenvalue weighted by molar-refractivity contribution is 0.128. The van der Waals surface area contributed by atoms with Crippen LogP contribution in [-0.2, 0) is 11.3 Å². The summed E-state index contributed by atoms with van der Waals surface area (Å²) >= 11 is 0. The molecule has 0 saturated carbocycles. The number of hydrazine groups is 1. The zero-order valence-corrected chi connectivity index (χ0v) is 10.9. The lowest BCUT2D eigenvalue weighted by Crippen LogP contribution is -2.27. The second kappa shape index (κ2) is 6.36. The highest BCUT2D eigenvalue weighted by Crippen LogP contribution is 2.16. The number of nitrogens with zero attached hydrogens (tertiary/aromatic N) is 3. The molecule has 0 aliphatic rings. The summed E-state index contributed by atoms with van der Waals surface area (Å²) < 4.78 is 5.30. The van der Waals surface area contributed by atoms with Gasteiger partial charge in [-0.2, -0.15) is 0 Å². The Labute approximate surface area is 102 Å². The molecule has 0 atom stereocenters. The van der Waals surface area contributed by atoms with Crippen molar-refractivity contribution in [1.82, 2.24) is 9.97 Å². The average Bonchev–Trinajstić information content (AvgIpc) is 2.34. The van der Waals surface area contributed by atoms with E-state index in [0.29, 0.717) is 30.9 Å². The summed E-state index contributed by atoms with van der Waals surface area (Å²) in [4.78, 5) is 10.7. The van der Waals surface area contributed by atoms with Crippen molar-refractivity contribution in [3.8, 4) is 0 Å². The first-order valence-corrected chi connectivity index (χ1v) is 5.73. The number of anilines is 2. The topological polar surface area (TPSA) is 76.3 Å². The van der Waals surface area contributed by atoms with Crippen LogP contribution in [0.1, 0.15) is 26.6 Å². The summed E-state index contributed by atoms with van der Waals surface area (Å²) in [6.07, 6.45) is 0. The van der Waals surface area contributed by atoms with Gasteiger partial charge in [-0.25, -0.2) is 15.8 Å². The average molecular weight is 239 g/mol. The van der Waals surface area contributed by atoms with Crippen LogP contribution < -0.4 is 16.2 Å². The Bertz CT molecular complexity index is 356. The number of nitrogens with two attached hydrogens (primary N) is 1. The molecule has 0 aliphatic heterocycles. The first-order chi connectivity index (χ1) is 8.08. The van der Waals surface area contributed by atoms with E-state index in [-0.39, 0.29) is 0 Å². The molecule has 1 aromatic heterocycles. The second-order valence-electron chi connectivity index (χ2n) is 4.01. The molecular weight excluding hydrogens is 218 g/mol. The lowest BCUT2D eigenvalue weighted by Gasteiger charge is -2.23. The first-order valence-electron chi connectivity index (χ1n) is 5.73. The minimum Gasteiger partial charge on any atom is -0.374 e. The quantitative estimate of drug-likeness (QED) is 0.573. The van der Waals surface area contributed by atoms with Crippen LogP contribution in [0.15, 0.2) is 6.07 Å². The predicted molar refractivity (Wildman–Crippen MR) is 68.7 cm³/mol. The van der Waals surface area contributed by atoms with Crippen LogP contribution >= 0.6 is 0 Å². The molecule has 0 aromatic carbocycles. The molecule has 1 rings (SSSR count). The van der Waals surface area contributed by atoms with E-state index in [4.69, 9.17) is 10.6 Å². The summed E-state index contributed by atoms with van der Waals surface area (Å²) in [5, 5.41) is 0. The van der Waals surface area contributed by atoms with Gasteiger partial charge in [0.1, 0.15) is 18.2 Å². The Kier molecular flexibility index (Phi) is 5.11. The fourth-order valence-corrected chi connectivity index (χ4v) is 1.26. The van der Waals surface area contributed by atoms with Gasteiger partial charge in [0.2, 0.25) is 0 Å². The van der Waals surface area contributed by atoms with Gasteiger partial charge in [0.25, 0.3) is 0 Å². The summed E-state index contributed by atoms with van der Waals surface area (Å²) in [5.41, 5.74) is 2.54. The second-order valence-corrected chi connectivity index (χ2v) is 4.01. The molecular formula is C11H21N5O.